The van der Waals surface area contributed by atoms with Gasteiger partial charge in [-0.05, 0) is 54.6 Å². The Kier molecular flexibility index (Phi) is 5.88. The average molecular weight is 515 g/mol. The second-order valence-corrected chi connectivity index (χ2v) is 9.45. The molecule has 0 spiro atoms. The van der Waals surface area contributed by atoms with Gasteiger partial charge in [0.2, 0.25) is 0 Å². The SMILES string of the molecule is Cc1ccccc1-n1c(CNc2ncnc(N)c2C(=N)c2cnc3[nH]ccc3c2)cc2cccc(C)c2c1=O. The van der Waals surface area contributed by atoms with E-state index in [0.717, 1.165) is 38.9 Å². The minimum atomic E-state index is -0.0854. The van der Waals surface area contributed by atoms with Crippen molar-refractivity contribution in [2.45, 2.75) is 20.4 Å². The van der Waals surface area contributed by atoms with Crippen molar-refractivity contribution >= 4 is 39.2 Å². The van der Waals surface area contributed by atoms with Gasteiger partial charge in [-0.15, -0.1) is 0 Å². The Bertz CT molecular complexity index is 1950. The number of hydrogen-bond donors (Lipinski definition) is 4. The highest BCUT2D eigenvalue weighted by molar-refractivity contribution is 6.16. The van der Waals surface area contributed by atoms with E-state index < -0.39 is 0 Å². The quantitative estimate of drug-likeness (QED) is 0.234. The summed E-state index contributed by atoms with van der Waals surface area (Å²) in [6.45, 7) is 4.20. The summed E-state index contributed by atoms with van der Waals surface area (Å²) in [4.78, 5) is 29.9. The van der Waals surface area contributed by atoms with Gasteiger partial charge in [-0.25, -0.2) is 15.0 Å². The molecule has 5 N–H and O–H groups in total. The molecular formula is C30H26N8O. The van der Waals surface area contributed by atoms with Crippen LogP contribution in [0, 0.1) is 19.3 Å². The lowest BCUT2D eigenvalue weighted by Gasteiger charge is -2.19. The molecule has 0 radical (unpaired) electrons. The van der Waals surface area contributed by atoms with E-state index in [-0.39, 0.29) is 23.6 Å². The van der Waals surface area contributed by atoms with E-state index in [1.165, 1.54) is 6.33 Å². The largest absolute Gasteiger partial charge is 0.383 e. The second kappa shape index (κ2) is 9.53. The molecule has 0 amide bonds. The molecule has 4 aromatic heterocycles. The zero-order valence-electron chi connectivity index (χ0n) is 21.5. The van der Waals surface area contributed by atoms with Crippen LogP contribution < -0.4 is 16.6 Å². The maximum atomic E-state index is 13.9. The van der Waals surface area contributed by atoms with Gasteiger partial charge < -0.3 is 16.0 Å². The summed E-state index contributed by atoms with van der Waals surface area (Å²) in [6.07, 6.45) is 4.79. The lowest BCUT2D eigenvalue weighted by Crippen LogP contribution is -2.25. The first-order chi connectivity index (χ1) is 18.9. The van der Waals surface area contributed by atoms with Gasteiger partial charge in [0.05, 0.1) is 28.9 Å². The molecule has 0 aliphatic rings. The van der Waals surface area contributed by atoms with Crippen LogP contribution in [0.25, 0.3) is 27.5 Å². The first-order valence-corrected chi connectivity index (χ1v) is 12.5. The van der Waals surface area contributed by atoms with Gasteiger partial charge in [-0.2, -0.15) is 0 Å². The van der Waals surface area contributed by atoms with Crippen molar-refractivity contribution in [2.24, 2.45) is 0 Å². The molecule has 9 nitrogen and oxygen atoms in total. The molecule has 0 unspecified atom stereocenters. The summed E-state index contributed by atoms with van der Waals surface area (Å²) in [6, 6.07) is 19.4. The summed E-state index contributed by atoms with van der Waals surface area (Å²) in [5.74, 6) is 0.576. The van der Waals surface area contributed by atoms with E-state index in [4.69, 9.17) is 11.1 Å². The van der Waals surface area contributed by atoms with Crippen LogP contribution in [0.5, 0.6) is 0 Å². The van der Waals surface area contributed by atoms with Crippen LogP contribution in [-0.4, -0.2) is 30.2 Å². The van der Waals surface area contributed by atoms with Gasteiger partial charge >= 0.3 is 0 Å². The van der Waals surface area contributed by atoms with Crippen LogP contribution in [0.4, 0.5) is 11.6 Å². The smallest absolute Gasteiger partial charge is 0.263 e. The highest BCUT2D eigenvalue weighted by atomic mass is 16.1. The highest BCUT2D eigenvalue weighted by Crippen LogP contribution is 2.25. The molecule has 0 aliphatic carbocycles. The molecular weight excluding hydrogens is 488 g/mol. The molecule has 4 heterocycles. The number of H-pyrrole nitrogens is 1. The number of nitrogens with zero attached hydrogens (tertiary/aromatic N) is 4. The topological polar surface area (TPSA) is 138 Å². The summed E-state index contributed by atoms with van der Waals surface area (Å²) in [5.41, 5.74) is 11.5. The first kappa shape index (κ1) is 24.1. The lowest BCUT2D eigenvalue weighted by molar-refractivity contribution is 0.883. The third kappa shape index (κ3) is 4.19. The Labute approximate surface area is 223 Å². The van der Waals surface area contributed by atoms with Gasteiger partial charge in [0.15, 0.2) is 0 Å². The number of pyridine rings is 2. The lowest BCUT2D eigenvalue weighted by atomic mass is 10.0. The predicted octanol–water partition coefficient (Wildman–Crippen LogP) is 4.88. The number of nitrogen functional groups attached to an aromatic ring is 1. The molecule has 9 heteroatoms. The molecule has 6 rings (SSSR count). The van der Waals surface area contributed by atoms with E-state index in [9.17, 15) is 4.79 Å². The van der Waals surface area contributed by atoms with Gasteiger partial charge in [0.1, 0.15) is 23.6 Å². The standard InChI is InChI=1S/C30H26N8O/c1-17-6-3-4-9-23(17)38-22(13-19-8-5-7-18(2)24(19)30(38)39)15-35-29-25(27(32)36-16-37-29)26(31)21-12-20-10-11-33-28(20)34-14-21/h3-14,16,31H,15H2,1-2H3,(H,33,34)(H3,32,35,36,37). The molecule has 0 saturated carbocycles. The fraction of sp³-hybridized carbons (Fsp3) is 0.100. The average Bonchev–Trinajstić information content (AvgIpc) is 3.40. The third-order valence-electron chi connectivity index (χ3n) is 6.94. The number of para-hydroxylation sites is 1. The number of hydrogen-bond acceptors (Lipinski definition) is 7. The second-order valence-electron chi connectivity index (χ2n) is 9.45. The number of anilines is 2. The Morgan fingerprint density at radius 1 is 1.00 bits per heavy atom. The molecule has 0 saturated heterocycles. The first-order valence-electron chi connectivity index (χ1n) is 12.5. The van der Waals surface area contributed by atoms with Crippen LogP contribution in [-0.2, 0) is 6.54 Å². The van der Waals surface area contributed by atoms with Gasteiger partial charge in [0, 0.05) is 29.0 Å². The Hall–Kier alpha value is -5.31. The summed E-state index contributed by atoms with van der Waals surface area (Å²) >= 11 is 0. The minimum Gasteiger partial charge on any atom is -0.383 e. The maximum Gasteiger partial charge on any atom is 0.263 e. The number of nitrogens with two attached hydrogens (primary N) is 1. The number of benzene rings is 2. The van der Waals surface area contributed by atoms with E-state index in [2.05, 4.69) is 25.3 Å². The van der Waals surface area contributed by atoms with Crippen LogP contribution in [0.1, 0.15) is 27.9 Å². The van der Waals surface area contributed by atoms with Crippen molar-refractivity contribution in [1.82, 2.24) is 24.5 Å². The van der Waals surface area contributed by atoms with Crippen molar-refractivity contribution in [3.8, 4) is 5.69 Å². The minimum absolute atomic E-state index is 0.0854. The van der Waals surface area contributed by atoms with Crippen molar-refractivity contribution in [2.75, 3.05) is 11.1 Å². The number of fused-ring (bicyclic) bond motifs is 2. The van der Waals surface area contributed by atoms with Crippen molar-refractivity contribution in [3.63, 3.8) is 0 Å². The fourth-order valence-electron chi connectivity index (χ4n) is 4.97. The van der Waals surface area contributed by atoms with Crippen LogP contribution in [0.15, 0.2) is 84.2 Å². The number of rotatable bonds is 6. The maximum absolute atomic E-state index is 13.9. The van der Waals surface area contributed by atoms with Crippen LogP contribution in [0.3, 0.4) is 0 Å². The Morgan fingerprint density at radius 3 is 2.67 bits per heavy atom. The Balaban J connectivity index is 1.44. The summed E-state index contributed by atoms with van der Waals surface area (Å²) in [7, 11) is 0. The molecule has 192 valence electrons. The molecule has 0 bridgehead atoms. The molecule has 0 atom stereocenters. The fourth-order valence-corrected chi connectivity index (χ4v) is 4.97. The molecule has 0 fully saturated rings. The van der Waals surface area contributed by atoms with Crippen LogP contribution >= 0.6 is 0 Å². The highest BCUT2D eigenvalue weighted by Gasteiger charge is 2.19. The van der Waals surface area contributed by atoms with Crippen molar-refractivity contribution in [3.05, 3.63) is 118 Å². The molecule has 2 aromatic carbocycles. The zero-order chi connectivity index (χ0) is 27.1. The van der Waals surface area contributed by atoms with E-state index in [1.54, 1.807) is 17.0 Å². The Morgan fingerprint density at radius 2 is 1.82 bits per heavy atom. The van der Waals surface area contributed by atoms with Crippen molar-refractivity contribution < 1.29 is 0 Å². The van der Waals surface area contributed by atoms with Crippen molar-refractivity contribution in [1.29, 1.82) is 5.41 Å². The number of aryl methyl sites for hydroxylation is 2. The monoisotopic (exact) mass is 514 g/mol. The number of aromatic amines is 1. The summed E-state index contributed by atoms with van der Waals surface area (Å²) in [5, 5.41) is 14.7. The van der Waals surface area contributed by atoms with Gasteiger partial charge in [-0.1, -0.05) is 36.4 Å². The summed E-state index contributed by atoms with van der Waals surface area (Å²) < 4.78 is 1.75. The predicted molar refractivity (Wildman–Crippen MR) is 155 cm³/mol. The van der Waals surface area contributed by atoms with E-state index in [1.807, 2.05) is 74.5 Å². The number of nitrogens with one attached hydrogen (secondary N) is 3. The normalized spacial score (nSPS) is 11.2. The molecule has 0 aliphatic heterocycles. The van der Waals surface area contributed by atoms with E-state index >= 15 is 0 Å². The van der Waals surface area contributed by atoms with Gasteiger partial charge in [-0.3, -0.25) is 14.8 Å². The number of aromatic nitrogens is 5. The zero-order valence-corrected chi connectivity index (χ0v) is 21.5. The van der Waals surface area contributed by atoms with E-state index in [0.29, 0.717) is 22.3 Å². The molecule has 6 aromatic rings. The third-order valence-corrected chi connectivity index (χ3v) is 6.94. The van der Waals surface area contributed by atoms with Gasteiger partial charge in [0.25, 0.3) is 5.56 Å². The van der Waals surface area contributed by atoms with Crippen LogP contribution in [0.2, 0.25) is 0 Å². The molecule has 39 heavy (non-hydrogen) atoms.